The van der Waals surface area contributed by atoms with Crippen molar-refractivity contribution in [1.29, 1.82) is 0 Å². The normalized spacial score (nSPS) is 11.7. The predicted octanol–water partition coefficient (Wildman–Crippen LogP) is 3.61. The SMILES string of the molecule is CC(=O)N[C@@H](CC(=O)NCCCSc1ccccc1)c1cccs1. The fourth-order valence-corrected chi connectivity index (χ4v) is 3.87. The van der Waals surface area contributed by atoms with Crippen LogP contribution in [0.4, 0.5) is 0 Å². The number of rotatable bonds is 9. The summed E-state index contributed by atoms with van der Waals surface area (Å²) in [5, 5.41) is 7.73. The second kappa shape index (κ2) is 10.2. The zero-order valence-corrected chi connectivity index (χ0v) is 15.3. The van der Waals surface area contributed by atoms with Crippen molar-refractivity contribution in [3.05, 3.63) is 52.7 Å². The standard InChI is InChI=1S/C18H22N2O2S2/c1-14(21)20-16(17-9-5-11-24-17)13-18(22)19-10-6-12-23-15-7-3-2-4-8-15/h2-5,7-9,11,16H,6,10,12-13H2,1H3,(H,19,22)(H,20,21)/t16-/m0/s1. The Morgan fingerprint density at radius 2 is 1.96 bits per heavy atom. The molecule has 0 aliphatic rings. The summed E-state index contributed by atoms with van der Waals surface area (Å²) in [6, 6.07) is 13.8. The van der Waals surface area contributed by atoms with E-state index < -0.39 is 0 Å². The molecule has 2 aromatic rings. The fraction of sp³-hybridized carbons (Fsp3) is 0.333. The van der Waals surface area contributed by atoms with E-state index in [4.69, 9.17) is 0 Å². The summed E-state index contributed by atoms with van der Waals surface area (Å²) in [5.74, 6) is 0.803. The topological polar surface area (TPSA) is 58.2 Å². The number of carbonyl (C=O) groups excluding carboxylic acids is 2. The van der Waals surface area contributed by atoms with E-state index >= 15 is 0 Å². The van der Waals surface area contributed by atoms with Crippen LogP contribution < -0.4 is 10.6 Å². The molecule has 4 nitrogen and oxygen atoms in total. The molecule has 0 saturated carbocycles. The van der Waals surface area contributed by atoms with Crippen LogP contribution in [0.25, 0.3) is 0 Å². The van der Waals surface area contributed by atoms with Crippen molar-refractivity contribution in [3.63, 3.8) is 0 Å². The van der Waals surface area contributed by atoms with Crippen LogP contribution in [0.1, 0.15) is 30.7 Å². The van der Waals surface area contributed by atoms with Gasteiger partial charge in [0.25, 0.3) is 0 Å². The molecule has 2 amide bonds. The van der Waals surface area contributed by atoms with Crippen LogP contribution in [0.3, 0.4) is 0 Å². The number of thiophene rings is 1. The first-order valence-electron chi connectivity index (χ1n) is 7.90. The summed E-state index contributed by atoms with van der Waals surface area (Å²) in [6.45, 7) is 2.12. The van der Waals surface area contributed by atoms with Crippen LogP contribution in [-0.4, -0.2) is 24.1 Å². The molecule has 0 aliphatic heterocycles. The van der Waals surface area contributed by atoms with Crippen LogP contribution in [0.15, 0.2) is 52.7 Å². The largest absolute Gasteiger partial charge is 0.356 e. The molecular formula is C18H22N2O2S2. The summed E-state index contributed by atoms with van der Waals surface area (Å²) in [7, 11) is 0. The van der Waals surface area contributed by atoms with Gasteiger partial charge in [-0.1, -0.05) is 24.3 Å². The smallest absolute Gasteiger partial charge is 0.222 e. The third-order valence-electron chi connectivity index (χ3n) is 3.31. The molecule has 2 N–H and O–H groups in total. The summed E-state index contributed by atoms with van der Waals surface area (Å²) in [4.78, 5) is 25.7. The minimum absolute atomic E-state index is 0.0353. The van der Waals surface area contributed by atoms with Crippen LogP contribution >= 0.6 is 23.1 Å². The quantitative estimate of drug-likeness (QED) is 0.529. The number of nitrogens with one attached hydrogen (secondary N) is 2. The predicted molar refractivity (Wildman–Crippen MR) is 100 cm³/mol. The molecule has 0 spiro atoms. The summed E-state index contributed by atoms with van der Waals surface area (Å²) in [6.07, 6.45) is 1.18. The number of thioether (sulfide) groups is 1. The lowest BCUT2D eigenvalue weighted by molar-refractivity contribution is -0.122. The Balaban J connectivity index is 1.68. The molecule has 1 atom stereocenters. The lowest BCUT2D eigenvalue weighted by Crippen LogP contribution is -2.32. The van der Waals surface area contributed by atoms with Crippen molar-refractivity contribution in [1.82, 2.24) is 10.6 Å². The molecule has 1 aromatic heterocycles. The van der Waals surface area contributed by atoms with Crippen LogP contribution in [0.2, 0.25) is 0 Å². The highest BCUT2D eigenvalue weighted by Crippen LogP contribution is 2.22. The number of amides is 2. The second-order valence-corrected chi connectivity index (χ2v) is 7.49. The number of carbonyl (C=O) groups is 2. The molecule has 0 fully saturated rings. The fourth-order valence-electron chi connectivity index (χ4n) is 2.22. The van der Waals surface area contributed by atoms with Crippen LogP contribution in [0, 0.1) is 0 Å². The molecule has 0 radical (unpaired) electrons. The molecule has 0 unspecified atom stereocenters. The molecule has 0 bridgehead atoms. The minimum Gasteiger partial charge on any atom is -0.356 e. The molecule has 1 aromatic carbocycles. The monoisotopic (exact) mass is 362 g/mol. The van der Waals surface area contributed by atoms with Crippen molar-refractivity contribution < 1.29 is 9.59 Å². The van der Waals surface area contributed by atoms with E-state index in [2.05, 4.69) is 22.8 Å². The molecule has 6 heteroatoms. The van der Waals surface area contributed by atoms with Crippen LogP contribution in [-0.2, 0) is 9.59 Å². The van der Waals surface area contributed by atoms with Gasteiger partial charge in [-0.25, -0.2) is 0 Å². The first-order valence-corrected chi connectivity index (χ1v) is 9.76. The lowest BCUT2D eigenvalue weighted by Gasteiger charge is -2.16. The molecule has 2 rings (SSSR count). The molecular weight excluding hydrogens is 340 g/mol. The first kappa shape index (κ1) is 18.5. The van der Waals surface area contributed by atoms with E-state index in [0.29, 0.717) is 6.54 Å². The van der Waals surface area contributed by atoms with Crippen molar-refractivity contribution in [2.75, 3.05) is 12.3 Å². The molecule has 24 heavy (non-hydrogen) atoms. The maximum atomic E-state index is 12.1. The van der Waals surface area contributed by atoms with Gasteiger partial charge in [0.05, 0.1) is 12.5 Å². The van der Waals surface area contributed by atoms with Gasteiger partial charge in [-0.05, 0) is 35.8 Å². The van der Waals surface area contributed by atoms with Gasteiger partial charge in [-0.15, -0.1) is 23.1 Å². The number of hydrogen-bond acceptors (Lipinski definition) is 4. The van der Waals surface area contributed by atoms with Crippen molar-refractivity contribution in [2.24, 2.45) is 0 Å². The Morgan fingerprint density at radius 3 is 2.62 bits per heavy atom. The van der Waals surface area contributed by atoms with Gasteiger partial charge in [0, 0.05) is 23.2 Å². The summed E-state index contributed by atoms with van der Waals surface area (Å²) >= 11 is 3.33. The van der Waals surface area contributed by atoms with Gasteiger partial charge in [-0.3, -0.25) is 9.59 Å². The zero-order valence-electron chi connectivity index (χ0n) is 13.7. The van der Waals surface area contributed by atoms with E-state index in [1.807, 2.05) is 35.7 Å². The molecule has 0 aliphatic carbocycles. The van der Waals surface area contributed by atoms with Gasteiger partial charge in [-0.2, -0.15) is 0 Å². The second-order valence-electron chi connectivity index (χ2n) is 5.34. The molecule has 0 saturated heterocycles. The van der Waals surface area contributed by atoms with Crippen molar-refractivity contribution >= 4 is 34.9 Å². The maximum absolute atomic E-state index is 12.1. The van der Waals surface area contributed by atoms with E-state index in [0.717, 1.165) is 17.1 Å². The average molecular weight is 363 g/mol. The Kier molecular flexibility index (Phi) is 7.85. The first-order chi connectivity index (χ1) is 11.6. The Hall–Kier alpha value is -1.79. The van der Waals surface area contributed by atoms with Gasteiger partial charge in [0.15, 0.2) is 0 Å². The van der Waals surface area contributed by atoms with Crippen molar-refractivity contribution in [2.45, 2.75) is 30.7 Å². The van der Waals surface area contributed by atoms with Gasteiger partial charge in [0.2, 0.25) is 11.8 Å². The maximum Gasteiger partial charge on any atom is 0.222 e. The van der Waals surface area contributed by atoms with E-state index in [-0.39, 0.29) is 24.3 Å². The third kappa shape index (κ3) is 6.76. The van der Waals surface area contributed by atoms with Crippen molar-refractivity contribution in [3.8, 4) is 0 Å². The Bertz CT molecular complexity index is 630. The molecule has 1 heterocycles. The highest BCUT2D eigenvalue weighted by Gasteiger charge is 2.17. The average Bonchev–Trinajstić information content (AvgIpc) is 3.09. The van der Waals surface area contributed by atoms with E-state index in [1.54, 1.807) is 23.1 Å². The van der Waals surface area contributed by atoms with E-state index in [9.17, 15) is 9.59 Å². The van der Waals surface area contributed by atoms with Gasteiger partial charge >= 0.3 is 0 Å². The molecule has 128 valence electrons. The van der Waals surface area contributed by atoms with Gasteiger partial charge < -0.3 is 10.6 Å². The summed E-state index contributed by atoms with van der Waals surface area (Å²) in [5.41, 5.74) is 0. The number of benzene rings is 1. The Morgan fingerprint density at radius 1 is 1.17 bits per heavy atom. The third-order valence-corrected chi connectivity index (χ3v) is 5.39. The zero-order chi connectivity index (χ0) is 17.2. The summed E-state index contributed by atoms with van der Waals surface area (Å²) < 4.78 is 0. The Labute approximate surface area is 151 Å². The van der Waals surface area contributed by atoms with Gasteiger partial charge in [0.1, 0.15) is 0 Å². The highest BCUT2D eigenvalue weighted by molar-refractivity contribution is 7.99. The highest BCUT2D eigenvalue weighted by atomic mass is 32.2. The number of hydrogen-bond donors (Lipinski definition) is 2. The van der Waals surface area contributed by atoms with E-state index in [1.165, 1.54) is 11.8 Å². The minimum atomic E-state index is -0.249. The van der Waals surface area contributed by atoms with Crippen LogP contribution in [0.5, 0.6) is 0 Å². The lowest BCUT2D eigenvalue weighted by atomic mass is 10.1.